The number of carboxylic acids is 1. The topological polar surface area (TPSA) is 57.5 Å². The Balaban J connectivity index is 2.69. The normalized spacial score (nSPS) is 23.6. The highest BCUT2D eigenvalue weighted by molar-refractivity contribution is 5.71. The van der Waals surface area contributed by atoms with Crippen LogP contribution in [0.25, 0.3) is 0 Å². The van der Waals surface area contributed by atoms with Crippen molar-refractivity contribution in [3.05, 3.63) is 0 Å². The van der Waals surface area contributed by atoms with Crippen molar-refractivity contribution in [2.45, 2.75) is 65.4 Å². The molecule has 3 heteroatoms. The van der Waals surface area contributed by atoms with Gasteiger partial charge in [0.2, 0.25) is 0 Å². The fourth-order valence-electron chi connectivity index (χ4n) is 3.32. The molecule has 1 rings (SSSR count). The lowest BCUT2D eigenvalue weighted by atomic mass is 9.76. The monoisotopic (exact) mass is 256 g/mol. The smallest absolute Gasteiger partial charge is 0.309 e. The lowest BCUT2D eigenvalue weighted by Crippen LogP contribution is -2.39. The van der Waals surface area contributed by atoms with Crippen LogP contribution in [-0.4, -0.2) is 22.3 Å². The van der Waals surface area contributed by atoms with Crippen LogP contribution in [-0.2, 0) is 4.79 Å². The second-order valence-electron chi connectivity index (χ2n) is 6.02. The molecule has 0 aromatic carbocycles. The molecular formula is C15H28O3. The number of carbonyl (C=O) groups is 1. The first kappa shape index (κ1) is 15.5. The lowest BCUT2D eigenvalue weighted by molar-refractivity contribution is -0.150. The Bertz CT molecular complexity index is 258. The molecule has 4 unspecified atom stereocenters. The molecule has 0 bridgehead atoms. The van der Waals surface area contributed by atoms with E-state index in [-0.39, 0.29) is 11.8 Å². The molecule has 18 heavy (non-hydrogen) atoms. The number of carboxylic acid groups (broad SMARTS) is 1. The number of rotatable bonds is 7. The zero-order chi connectivity index (χ0) is 13.7. The average Bonchev–Trinajstić information content (AvgIpc) is 2.81. The molecule has 3 nitrogen and oxygen atoms in total. The van der Waals surface area contributed by atoms with Crippen molar-refractivity contribution in [2.75, 3.05) is 0 Å². The largest absolute Gasteiger partial charge is 0.481 e. The Hall–Kier alpha value is -0.570. The minimum atomic E-state index is -0.815. The van der Waals surface area contributed by atoms with Crippen LogP contribution < -0.4 is 0 Å². The van der Waals surface area contributed by atoms with Gasteiger partial charge in [-0.1, -0.05) is 46.5 Å². The maximum atomic E-state index is 11.5. The SMILES string of the molecule is CCCC(C)C(C)C(O)C(C(=O)O)C1CCCC1. The molecule has 0 radical (unpaired) electrons. The molecule has 0 spiro atoms. The van der Waals surface area contributed by atoms with E-state index in [0.717, 1.165) is 38.5 Å². The predicted molar refractivity (Wildman–Crippen MR) is 72.3 cm³/mol. The summed E-state index contributed by atoms with van der Waals surface area (Å²) in [6.07, 6.45) is 5.58. The molecule has 0 amide bonds. The molecule has 2 N–H and O–H groups in total. The van der Waals surface area contributed by atoms with E-state index in [1.807, 2.05) is 6.92 Å². The molecular weight excluding hydrogens is 228 g/mol. The number of aliphatic hydroxyl groups excluding tert-OH is 1. The van der Waals surface area contributed by atoms with Crippen LogP contribution in [0.5, 0.6) is 0 Å². The van der Waals surface area contributed by atoms with Gasteiger partial charge in [0.25, 0.3) is 0 Å². The molecule has 1 aliphatic rings. The first-order valence-electron chi connectivity index (χ1n) is 7.39. The van der Waals surface area contributed by atoms with Crippen molar-refractivity contribution in [3.8, 4) is 0 Å². The summed E-state index contributed by atoms with van der Waals surface area (Å²) in [5.74, 6) is -0.763. The van der Waals surface area contributed by atoms with E-state index in [1.165, 1.54) is 0 Å². The van der Waals surface area contributed by atoms with Crippen molar-refractivity contribution >= 4 is 5.97 Å². The van der Waals surface area contributed by atoms with E-state index in [9.17, 15) is 15.0 Å². The first-order valence-corrected chi connectivity index (χ1v) is 7.39. The second kappa shape index (κ2) is 7.13. The molecule has 0 aromatic rings. The Kier molecular flexibility index (Phi) is 6.13. The van der Waals surface area contributed by atoms with Crippen LogP contribution >= 0.6 is 0 Å². The summed E-state index contributed by atoms with van der Waals surface area (Å²) in [5, 5.41) is 19.8. The highest BCUT2D eigenvalue weighted by atomic mass is 16.4. The van der Waals surface area contributed by atoms with E-state index in [1.54, 1.807) is 0 Å². The van der Waals surface area contributed by atoms with Gasteiger partial charge in [0.05, 0.1) is 12.0 Å². The van der Waals surface area contributed by atoms with Crippen molar-refractivity contribution in [1.29, 1.82) is 0 Å². The summed E-state index contributed by atoms with van der Waals surface area (Å²) in [7, 11) is 0. The molecule has 106 valence electrons. The number of hydrogen-bond donors (Lipinski definition) is 2. The van der Waals surface area contributed by atoms with Crippen LogP contribution in [0.1, 0.15) is 59.3 Å². The fourth-order valence-corrected chi connectivity index (χ4v) is 3.32. The van der Waals surface area contributed by atoms with Crippen molar-refractivity contribution in [3.63, 3.8) is 0 Å². The molecule has 1 aliphatic carbocycles. The fraction of sp³-hybridized carbons (Fsp3) is 0.933. The minimum Gasteiger partial charge on any atom is -0.481 e. The third-order valence-corrected chi connectivity index (χ3v) is 4.74. The van der Waals surface area contributed by atoms with Crippen molar-refractivity contribution < 1.29 is 15.0 Å². The Morgan fingerprint density at radius 1 is 1.28 bits per heavy atom. The van der Waals surface area contributed by atoms with Gasteiger partial charge >= 0.3 is 5.97 Å². The third-order valence-electron chi connectivity index (χ3n) is 4.74. The summed E-state index contributed by atoms with van der Waals surface area (Å²) in [6, 6.07) is 0. The summed E-state index contributed by atoms with van der Waals surface area (Å²) >= 11 is 0. The first-order chi connectivity index (χ1) is 8.49. The predicted octanol–water partition coefficient (Wildman–Crippen LogP) is 3.31. The number of hydrogen-bond acceptors (Lipinski definition) is 2. The molecule has 4 atom stereocenters. The summed E-state index contributed by atoms with van der Waals surface area (Å²) in [5.41, 5.74) is 0. The highest BCUT2D eigenvalue weighted by Gasteiger charge is 2.39. The summed E-state index contributed by atoms with van der Waals surface area (Å²) < 4.78 is 0. The zero-order valence-electron chi connectivity index (χ0n) is 11.9. The van der Waals surface area contributed by atoms with Crippen molar-refractivity contribution in [1.82, 2.24) is 0 Å². The molecule has 1 fully saturated rings. The third kappa shape index (κ3) is 3.71. The average molecular weight is 256 g/mol. The van der Waals surface area contributed by atoms with Crippen LogP contribution in [0.3, 0.4) is 0 Å². The quantitative estimate of drug-likeness (QED) is 0.734. The van der Waals surface area contributed by atoms with Crippen molar-refractivity contribution in [2.24, 2.45) is 23.7 Å². The van der Waals surface area contributed by atoms with Crippen LogP contribution in [0, 0.1) is 23.7 Å². The van der Waals surface area contributed by atoms with Crippen LogP contribution in [0.4, 0.5) is 0 Å². The number of aliphatic hydroxyl groups is 1. The van der Waals surface area contributed by atoms with E-state index in [0.29, 0.717) is 5.92 Å². The van der Waals surface area contributed by atoms with E-state index < -0.39 is 18.0 Å². The maximum Gasteiger partial charge on any atom is 0.309 e. The Morgan fingerprint density at radius 3 is 2.28 bits per heavy atom. The molecule has 1 saturated carbocycles. The standard InChI is InChI=1S/C15H28O3/c1-4-7-10(2)11(3)14(16)13(15(17)18)12-8-5-6-9-12/h10-14,16H,4-9H2,1-3H3,(H,17,18). The van der Waals surface area contributed by atoms with Gasteiger partial charge < -0.3 is 10.2 Å². The van der Waals surface area contributed by atoms with Gasteiger partial charge in [0.1, 0.15) is 0 Å². The highest BCUT2D eigenvalue weighted by Crippen LogP contribution is 2.37. The maximum absolute atomic E-state index is 11.5. The van der Waals surface area contributed by atoms with Crippen LogP contribution in [0.2, 0.25) is 0 Å². The van der Waals surface area contributed by atoms with E-state index in [2.05, 4.69) is 13.8 Å². The van der Waals surface area contributed by atoms with Gasteiger partial charge in [0.15, 0.2) is 0 Å². The van der Waals surface area contributed by atoms with E-state index in [4.69, 9.17) is 0 Å². The van der Waals surface area contributed by atoms with E-state index >= 15 is 0 Å². The molecule has 0 aliphatic heterocycles. The number of aliphatic carboxylic acids is 1. The molecule has 0 aromatic heterocycles. The van der Waals surface area contributed by atoms with Gasteiger partial charge in [-0.15, -0.1) is 0 Å². The van der Waals surface area contributed by atoms with Gasteiger partial charge in [0, 0.05) is 0 Å². The van der Waals surface area contributed by atoms with Gasteiger partial charge in [-0.2, -0.15) is 0 Å². The second-order valence-corrected chi connectivity index (χ2v) is 6.02. The zero-order valence-corrected chi connectivity index (χ0v) is 11.9. The Labute approximate surface area is 111 Å². The van der Waals surface area contributed by atoms with Gasteiger partial charge in [-0.05, 0) is 30.6 Å². The minimum absolute atomic E-state index is 0.0617. The lowest BCUT2D eigenvalue weighted by Gasteiger charge is -2.32. The van der Waals surface area contributed by atoms with Crippen LogP contribution in [0.15, 0.2) is 0 Å². The van der Waals surface area contributed by atoms with Gasteiger partial charge in [-0.25, -0.2) is 0 Å². The Morgan fingerprint density at radius 2 is 1.83 bits per heavy atom. The molecule has 0 heterocycles. The molecule has 0 saturated heterocycles. The van der Waals surface area contributed by atoms with Gasteiger partial charge in [-0.3, -0.25) is 4.79 Å². The summed E-state index contributed by atoms with van der Waals surface area (Å²) in [4.78, 5) is 11.5. The summed E-state index contributed by atoms with van der Waals surface area (Å²) in [6.45, 7) is 6.24.